The fourth-order valence-electron chi connectivity index (χ4n) is 3.32. The van der Waals surface area contributed by atoms with Gasteiger partial charge in [0.15, 0.2) is 0 Å². The Morgan fingerprint density at radius 1 is 1.04 bits per heavy atom. The molecule has 1 N–H and O–H groups in total. The molecule has 1 atom stereocenters. The van der Waals surface area contributed by atoms with E-state index >= 15 is 0 Å². The van der Waals surface area contributed by atoms with Crippen molar-refractivity contribution < 1.29 is 16.2 Å². The molecule has 0 saturated heterocycles. The molecular weight excluding hydrogens is 393 g/mol. The van der Waals surface area contributed by atoms with E-state index in [9.17, 15) is 4.79 Å². The van der Waals surface area contributed by atoms with Crippen LogP contribution in [0.15, 0.2) is 60.7 Å². The predicted molar refractivity (Wildman–Crippen MR) is 104 cm³/mol. The number of amides is 1. The van der Waals surface area contributed by atoms with Crippen LogP contribution < -0.4 is 3.80 Å². The number of carbonyl (C=O) groups excluding carboxylic acids is 1. The van der Waals surface area contributed by atoms with Crippen LogP contribution in [0, 0.1) is 0 Å². The number of hydrogen-bond acceptors (Lipinski definition) is 1. The van der Waals surface area contributed by atoms with Gasteiger partial charge < -0.3 is 0 Å². The Hall–Kier alpha value is -0.839. The van der Waals surface area contributed by atoms with Crippen molar-refractivity contribution in [2.45, 2.75) is 16.0 Å². The molecule has 0 aromatic heterocycles. The Kier molecular flexibility index (Phi) is 4.18. The average molecular weight is 414 g/mol. The van der Waals surface area contributed by atoms with E-state index in [2.05, 4.69) is 28.1 Å². The summed E-state index contributed by atoms with van der Waals surface area (Å²) in [5.41, 5.74) is 3.35. The van der Waals surface area contributed by atoms with E-state index in [1.165, 1.54) is 11.1 Å². The van der Waals surface area contributed by atoms with Crippen LogP contribution in [0.3, 0.4) is 0 Å². The van der Waals surface area contributed by atoms with E-state index in [4.69, 9.17) is 18.6 Å². The van der Waals surface area contributed by atoms with Crippen molar-refractivity contribution in [2.75, 3.05) is 0 Å². The first-order chi connectivity index (χ1) is 11.1. The van der Waals surface area contributed by atoms with Gasteiger partial charge in [-0.25, -0.2) is 0 Å². The standard InChI is InChI=1S/C9H9Si.C7H7NO.2CH3.2ClH.Ti/c10-9-6-5-7-3-1-2-4-8(7)9;8-7(9)6-4-2-1-3-5-6;;;;;/h1-6,9H,10H2;1-5H,(H2,8,9);2*1H3;2*1H;/q;;;;;;+3/p-3. The molecule has 2 nitrogen and oxygen atoms in total. The Morgan fingerprint density at radius 2 is 1.67 bits per heavy atom. The predicted octanol–water partition coefficient (Wildman–Crippen LogP) is 4.81. The third-order valence-electron chi connectivity index (χ3n) is 4.37. The van der Waals surface area contributed by atoms with Gasteiger partial charge in [0.2, 0.25) is 0 Å². The summed E-state index contributed by atoms with van der Waals surface area (Å²) in [7, 11) is 13.1. The van der Waals surface area contributed by atoms with Gasteiger partial charge in [-0.05, 0) is 0 Å². The van der Waals surface area contributed by atoms with Crippen LogP contribution in [0.5, 0.6) is 0 Å². The molecule has 0 fully saturated rings. The molecule has 3 rings (SSSR count). The zero-order valence-corrected chi connectivity index (χ0v) is 18.3. The number of nitrogens with one attached hydrogen (secondary N) is 1. The molecule has 1 unspecified atom stereocenters. The topological polar surface area (TPSA) is 29.1 Å². The zero-order valence-electron chi connectivity index (χ0n) is 13.8. The molecule has 0 heterocycles. The summed E-state index contributed by atoms with van der Waals surface area (Å²) < 4.78 is 3.09. The number of benzene rings is 2. The van der Waals surface area contributed by atoms with Crippen LogP contribution in [0.25, 0.3) is 6.08 Å². The summed E-state index contributed by atoms with van der Waals surface area (Å²) in [6.45, 7) is 0. The Balaban J connectivity index is 1.87. The van der Waals surface area contributed by atoms with Gasteiger partial charge in [-0.2, -0.15) is 0 Å². The van der Waals surface area contributed by atoms with E-state index in [0.717, 1.165) is 0 Å². The fourth-order valence-corrected chi connectivity index (χ4v) is 21.5. The Labute approximate surface area is 150 Å². The normalized spacial score (nSPS) is 19.8. The first kappa shape index (κ1) is 18.0. The van der Waals surface area contributed by atoms with Gasteiger partial charge in [0, 0.05) is 0 Å². The Morgan fingerprint density at radius 3 is 2.38 bits per heavy atom. The van der Waals surface area contributed by atoms with Crippen LogP contribution in [0.1, 0.15) is 27.0 Å². The zero-order chi connectivity index (χ0) is 17.5. The summed E-state index contributed by atoms with van der Waals surface area (Å²) in [6.07, 6.45) is 4.32. The summed E-state index contributed by atoms with van der Waals surface area (Å²) in [4.78, 5) is 12.7. The number of hydrogen-bond donors (Lipinski definition) is 1. The summed E-state index contributed by atoms with van der Waals surface area (Å²) in [6, 6.07) is 17.4. The molecule has 0 spiro atoms. The number of fused-ring (bicyclic) bond motifs is 1. The van der Waals surface area contributed by atoms with Crippen molar-refractivity contribution in [3.63, 3.8) is 0 Å². The van der Waals surface area contributed by atoms with Crippen molar-refractivity contribution >= 4 is 38.0 Å². The van der Waals surface area contributed by atoms with Crippen molar-refractivity contribution in [1.29, 1.82) is 0 Å². The second-order valence-electron chi connectivity index (χ2n) is 7.79. The molecule has 1 amide bonds. The number of carbonyl (C=O) groups is 1. The second kappa shape index (κ2) is 5.58. The number of halogens is 2. The molecule has 6 heteroatoms. The van der Waals surface area contributed by atoms with Gasteiger partial charge in [0.05, 0.1) is 0 Å². The third-order valence-corrected chi connectivity index (χ3v) is 22.2. The SMILES string of the molecule is [CH3][Ti]([CH3])([Cl])([Cl])([NH]C(=O)c1ccccc1)[SiH2]C1C=Cc2ccccc21. The van der Waals surface area contributed by atoms with E-state index in [-0.39, 0.29) is 11.4 Å². The molecule has 2 aromatic carbocycles. The van der Waals surface area contributed by atoms with Gasteiger partial charge in [-0.1, -0.05) is 0 Å². The van der Waals surface area contributed by atoms with E-state index in [1.807, 2.05) is 40.8 Å². The van der Waals surface area contributed by atoms with Gasteiger partial charge in [0.25, 0.3) is 0 Å². The fraction of sp³-hybridized carbons (Fsp3) is 0.167. The quantitative estimate of drug-likeness (QED) is 0.715. The number of allylic oxidation sites excluding steroid dienone is 1. The third kappa shape index (κ3) is 4.22. The Bertz CT molecular complexity index is 830. The van der Waals surface area contributed by atoms with Crippen LogP contribution in [0.4, 0.5) is 0 Å². The van der Waals surface area contributed by atoms with Crippen molar-refractivity contribution in [2.24, 2.45) is 0 Å². The minimum absolute atomic E-state index is 0.182. The average Bonchev–Trinajstić information content (AvgIpc) is 2.89. The monoisotopic (exact) mass is 413 g/mol. The van der Waals surface area contributed by atoms with E-state index in [1.54, 1.807) is 12.1 Å². The molecule has 1 aliphatic carbocycles. The van der Waals surface area contributed by atoms with Crippen molar-refractivity contribution in [3.05, 3.63) is 77.4 Å². The van der Waals surface area contributed by atoms with Gasteiger partial charge in [-0.3, -0.25) is 0 Å². The maximum absolute atomic E-state index is 12.7. The molecule has 0 radical (unpaired) electrons. The first-order valence-electron chi connectivity index (χ1n) is 8.08. The second-order valence-corrected chi connectivity index (χ2v) is 47.5. The summed E-state index contributed by atoms with van der Waals surface area (Å²) >= 11 is -4.60. The molecule has 0 aliphatic heterocycles. The molecular formula is C18H21Cl2NOSiTi. The molecule has 1 aliphatic rings. The van der Waals surface area contributed by atoms with Gasteiger partial charge in [-0.15, -0.1) is 0 Å². The maximum atomic E-state index is 12.7. The van der Waals surface area contributed by atoms with Gasteiger partial charge in [0.1, 0.15) is 0 Å². The van der Waals surface area contributed by atoms with Crippen LogP contribution in [0.2, 0.25) is 10.5 Å². The molecule has 0 bridgehead atoms. The van der Waals surface area contributed by atoms with E-state index in [0.29, 0.717) is 5.56 Å². The number of rotatable bonds is 4. The van der Waals surface area contributed by atoms with Crippen molar-refractivity contribution in [1.82, 2.24) is 3.80 Å². The summed E-state index contributed by atoms with van der Waals surface area (Å²) in [5.74, 6) is -0.182. The summed E-state index contributed by atoms with van der Waals surface area (Å²) in [5, 5.41) is 3.82. The van der Waals surface area contributed by atoms with Crippen LogP contribution in [-0.4, -0.2) is 13.3 Å². The molecule has 24 heavy (non-hydrogen) atoms. The van der Waals surface area contributed by atoms with Gasteiger partial charge >= 0.3 is 151 Å². The van der Waals surface area contributed by atoms with Crippen LogP contribution in [-0.2, 0) is 11.4 Å². The first-order valence-corrected chi connectivity index (χ1v) is 21.1. The molecule has 126 valence electrons. The molecule has 2 aromatic rings. The van der Waals surface area contributed by atoms with Crippen molar-refractivity contribution in [3.8, 4) is 0 Å². The van der Waals surface area contributed by atoms with Crippen LogP contribution >= 0.6 is 18.6 Å². The molecule has 0 saturated carbocycles. The van der Waals surface area contributed by atoms with E-state index < -0.39 is 18.8 Å². The minimum atomic E-state index is -4.60.